The highest BCUT2D eigenvalue weighted by molar-refractivity contribution is 5.90. The Bertz CT molecular complexity index is 716. The minimum Gasteiger partial charge on any atom is -0.383 e. The highest BCUT2D eigenvalue weighted by Crippen LogP contribution is 2.23. The van der Waals surface area contributed by atoms with Crippen molar-refractivity contribution in [2.75, 3.05) is 25.6 Å². The Labute approximate surface area is 147 Å². The summed E-state index contributed by atoms with van der Waals surface area (Å²) >= 11 is 0. The van der Waals surface area contributed by atoms with Crippen LogP contribution in [0.2, 0.25) is 0 Å². The maximum absolute atomic E-state index is 13.3. The van der Waals surface area contributed by atoms with Crippen LogP contribution in [0.4, 0.5) is 14.9 Å². The molecule has 2 amide bonds. The summed E-state index contributed by atoms with van der Waals surface area (Å²) in [6, 6.07) is 13.9. The van der Waals surface area contributed by atoms with Crippen LogP contribution in [0.5, 0.6) is 0 Å². The molecule has 0 aromatic heterocycles. The first-order valence-corrected chi connectivity index (χ1v) is 8.60. The Hall–Kier alpha value is -2.40. The number of ether oxygens (including phenoxy) is 1. The van der Waals surface area contributed by atoms with Gasteiger partial charge in [-0.2, -0.15) is 0 Å². The molecule has 2 aromatic rings. The zero-order valence-electron chi connectivity index (χ0n) is 14.4. The molecule has 0 saturated carbocycles. The molecule has 25 heavy (non-hydrogen) atoms. The zero-order chi connectivity index (χ0) is 17.6. The number of nitrogens with one attached hydrogen (secondary N) is 1. The summed E-state index contributed by atoms with van der Waals surface area (Å²) < 4.78 is 18.6. The molecular formula is C20H23FN2O2. The van der Waals surface area contributed by atoms with Gasteiger partial charge in [-0.05, 0) is 54.7 Å². The lowest BCUT2D eigenvalue weighted by atomic mass is 10.0. The number of hydrogen-bond acceptors (Lipinski definition) is 2. The van der Waals surface area contributed by atoms with E-state index in [9.17, 15) is 9.18 Å². The standard InChI is InChI=1S/C20H23FN2O2/c1-25-14-19-7-2-3-12-23(19)20(24)22-18-10-8-15(9-11-18)16-5-4-6-17(21)13-16/h4-6,8-11,13,19H,2-3,7,12,14H2,1H3,(H,22,24)/t19-/m1/s1. The number of halogens is 1. The van der Waals surface area contributed by atoms with Crippen LogP contribution >= 0.6 is 0 Å². The molecule has 1 heterocycles. The average molecular weight is 342 g/mol. The van der Waals surface area contributed by atoms with Gasteiger partial charge in [0.15, 0.2) is 0 Å². The number of urea groups is 1. The van der Waals surface area contributed by atoms with Gasteiger partial charge in [-0.25, -0.2) is 9.18 Å². The van der Waals surface area contributed by atoms with Crippen molar-refractivity contribution < 1.29 is 13.9 Å². The molecule has 1 aliphatic heterocycles. The minimum absolute atomic E-state index is 0.0970. The second-order valence-electron chi connectivity index (χ2n) is 6.32. The fraction of sp³-hybridized carbons (Fsp3) is 0.350. The van der Waals surface area contributed by atoms with Gasteiger partial charge in [0.1, 0.15) is 5.82 Å². The van der Waals surface area contributed by atoms with Crippen LogP contribution in [-0.4, -0.2) is 37.2 Å². The summed E-state index contributed by atoms with van der Waals surface area (Å²) in [5.41, 5.74) is 2.45. The summed E-state index contributed by atoms with van der Waals surface area (Å²) in [5.74, 6) is -0.260. The van der Waals surface area contributed by atoms with Crippen molar-refractivity contribution >= 4 is 11.7 Å². The average Bonchev–Trinajstić information content (AvgIpc) is 2.63. The number of carbonyl (C=O) groups is 1. The van der Waals surface area contributed by atoms with Crippen molar-refractivity contribution in [2.45, 2.75) is 25.3 Å². The number of likely N-dealkylation sites (tertiary alicyclic amines) is 1. The lowest BCUT2D eigenvalue weighted by Gasteiger charge is -2.35. The molecule has 0 spiro atoms. The number of benzene rings is 2. The molecule has 0 aliphatic carbocycles. The predicted molar refractivity (Wildman–Crippen MR) is 97.1 cm³/mol. The molecule has 0 bridgehead atoms. The van der Waals surface area contributed by atoms with Gasteiger partial charge in [0.05, 0.1) is 12.6 Å². The number of amides is 2. The first-order valence-electron chi connectivity index (χ1n) is 8.60. The Kier molecular flexibility index (Phi) is 5.66. The van der Waals surface area contributed by atoms with Crippen LogP contribution in [0, 0.1) is 5.82 Å². The van der Waals surface area contributed by atoms with E-state index in [1.807, 2.05) is 35.2 Å². The smallest absolute Gasteiger partial charge is 0.322 e. The lowest BCUT2D eigenvalue weighted by molar-refractivity contribution is 0.0878. The molecule has 0 radical (unpaired) electrons. The molecule has 4 nitrogen and oxygen atoms in total. The van der Waals surface area contributed by atoms with Crippen LogP contribution in [0.1, 0.15) is 19.3 Å². The molecule has 2 aromatic carbocycles. The van der Waals surface area contributed by atoms with Crippen molar-refractivity contribution in [1.29, 1.82) is 0 Å². The fourth-order valence-corrected chi connectivity index (χ4v) is 3.24. The monoisotopic (exact) mass is 342 g/mol. The van der Waals surface area contributed by atoms with E-state index in [1.54, 1.807) is 13.2 Å². The molecule has 5 heteroatoms. The molecule has 1 N–H and O–H groups in total. The van der Waals surface area contributed by atoms with Crippen molar-refractivity contribution in [2.24, 2.45) is 0 Å². The number of rotatable bonds is 4. The molecule has 3 rings (SSSR count). The molecular weight excluding hydrogens is 319 g/mol. The zero-order valence-corrected chi connectivity index (χ0v) is 14.4. The molecule has 1 atom stereocenters. The topological polar surface area (TPSA) is 41.6 Å². The Balaban J connectivity index is 1.67. The Morgan fingerprint density at radius 2 is 2.00 bits per heavy atom. The maximum Gasteiger partial charge on any atom is 0.322 e. The van der Waals surface area contributed by atoms with Crippen molar-refractivity contribution in [3.05, 3.63) is 54.3 Å². The normalized spacial score (nSPS) is 17.4. The van der Waals surface area contributed by atoms with Crippen LogP contribution in [0.3, 0.4) is 0 Å². The number of anilines is 1. The van der Waals surface area contributed by atoms with Gasteiger partial charge in [-0.3, -0.25) is 0 Å². The second kappa shape index (κ2) is 8.12. The summed E-state index contributed by atoms with van der Waals surface area (Å²) in [7, 11) is 1.66. The van der Waals surface area contributed by atoms with E-state index in [0.29, 0.717) is 6.61 Å². The van der Waals surface area contributed by atoms with Gasteiger partial charge in [0.25, 0.3) is 0 Å². The number of methoxy groups -OCH3 is 1. The van der Waals surface area contributed by atoms with E-state index in [4.69, 9.17) is 4.74 Å². The van der Waals surface area contributed by atoms with E-state index in [2.05, 4.69) is 5.32 Å². The Morgan fingerprint density at radius 1 is 1.20 bits per heavy atom. The summed E-state index contributed by atoms with van der Waals surface area (Å²) in [5, 5.41) is 2.95. The number of hydrogen-bond donors (Lipinski definition) is 1. The van der Waals surface area contributed by atoms with E-state index in [1.165, 1.54) is 12.1 Å². The van der Waals surface area contributed by atoms with Crippen LogP contribution in [-0.2, 0) is 4.74 Å². The third-order valence-corrected chi connectivity index (χ3v) is 4.54. The third-order valence-electron chi connectivity index (χ3n) is 4.54. The summed E-state index contributed by atoms with van der Waals surface area (Å²) in [4.78, 5) is 14.4. The molecule has 1 aliphatic rings. The van der Waals surface area contributed by atoms with Crippen molar-refractivity contribution in [1.82, 2.24) is 4.90 Å². The van der Waals surface area contributed by atoms with E-state index in [-0.39, 0.29) is 17.9 Å². The second-order valence-corrected chi connectivity index (χ2v) is 6.32. The maximum atomic E-state index is 13.3. The van der Waals surface area contributed by atoms with Crippen LogP contribution < -0.4 is 5.32 Å². The largest absolute Gasteiger partial charge is 0.383 e. The number of nitrogens with zero attached hydrogens (tertiary/aromatic N) is 1. The fourth-order valence-electron chi connectivity index (χ4n) is 3.24. The van der Waals surface area contributed by atoms with Crippen molar-refractivity contribution in [3.63, 3.8) is 0 Å². The molecule has 132 valence electrons. The van der Waals surface area contributed by atoms with E-state index < -0.39 is 0 Å². The van der Waals surface area contributed by atoms with Gasteiger partial charge < -0.3 is 15.0 Å². The Morgan fingerprint density at radius 3 is 2.72 bits per heavy atom. The SMILES string of the molecule is COC[C@H]1CCCCN1C(=O)Nc1ccc(-c2cccc(F)c2)cc1. The number of carbonyl (C=O) groups excluding carboxylic acids is 1. The van der Waals surface area contributed by atoms with E-state index >= 15 is 0 Å². The highest BCUT2D eigenvalue weighted by atomic mass is 19.1. The van der Waals surface area contributed by atoms with Gasteiger partial charge in [-0.1, -0.05) is 24.3 Å². The summed E-state index contributed by atoms with van der Waals surface area (Å²) in [6.45, 7) is 1.31. The van der Waals surface area contributed by atoms with Crippen molar-refractivity contribution in [3.8, 4) is 11.1 Å². The minimum atomic E-state index is -0.260. The quantitative estimate of drug-likeness (QED) is 0.887. The molecule has 1 saturated heterocycles. The summed E-state index contributed by atoms with van der Waals surface area (Å²) in [6.07, 6.45) is 3.12. The number of piperidine rings is 1. The lowest BCUT2D eigenvalue weighted by Crippen LogP contribution is -2.47. The van der Waals surface area contributed by atoms with Crippen LogP contribution in [0.15, 0.2) is 48.5 Å². The van der Waals surface area contributed by atoms with Crippen LogP contribution in [0.25, 0.3) is 11.1 Å². The van der Waals surface area contributed by atoms with Gasteiger partial charge in [-0.15, -0.1) is 0 Å². The highest BCUT2D eigenvalue weighted by Gasteiger charge is 2.26. The third kappa shape index (κ3) is 4.37. The van der Waals surface area contributed by atoms with Gasteiger partial charge in [0, 0.05) is 19.3 Å². The van der Waals surface area contributed by atoms with Gasteiger partial charge in [0.2, 0.25) is 0 Å². The first kappa shape index (κ1) is 17.4. The van der Waals surface area contributed by atoms with Gasteiger partial charge >= 0.3 is 6.03 Å². The molecule has 1 fully saturated rings. The molecule has 0 unspecified atom stereocenters. The van der Waals surface area contributed by atoms with E-state index in [0.717, 1.165) is 42.6 Å². The first-order chi connectivity index (χ1) is 12.2. The predicted octanol–water partition coefficient (Wildman–Crippen LogP) is 4.53.